The summed E-state index contributed by atoms with van der Waals surface area (Å²) < 4.78 is 8.71. The second kappa shape index (κ2) is 13.1. The van der Waals surface area contributed by atoms with Crippen LogP contribution in [-0.2, 0) is 0 Å². The van der Waals surface area contributed by atoms with Gasteiger partial charge in [-0.1, -0.05) is 121 Å². The highest BCUT2D eigenvalue weighted by atomic mass is 32.1. The molecule has 3 nitrogen and oxygen atoms in total. The van der Waals surface area contributed by atoms with Crippen LogP contribution >= 0.6 is 11.3 Å². The molecule has 4 heteroatoms. The molecule has 0 bridgehead atoms. The maximum absolute atomic E-state index is 6.25. The molecule has 10 rings (SSSR count). The number of aromatic nitrogens is 1. The summed E-state index contributed by atoms with van der Waals surface area (Å²) in [5.41, 5.74) is 13.1. The van der Waals surface area contributed by atoms with Gasteiger partial charge in [0.25, 0.3) is 0 Å². The van der Waals surface area contributed by atoms with Crippen molar-refractivity contribution in [2.45, 2.75) is 0 Å². The molecule has 0 spiro atoms. The fourth-order valence-electron chi connectivity index (χ4n) is 7.22. The number of rotatable bonds is 7. The highest BCUT2D eigenvalue weighted by Gasteiger charge is 2.16. The minimum atomic E-state index is 0.649. The standard InChI is InChI=1S/C49H32N2OS/c1-4-11-33(12-5-1)35-19-24-40(25-20-35)51(42-18-10-17-38(29-42)34-13-6-2-7-14-34)41-26-21-36(22-27-41)39-23-28-47-43(30-39)44-31-46-45(32-48(44)53-47)50-49(52-46)37-15-8-3-9-16-37/h1-32H. The van der Waals surface area contributed by atoms with Crippen LogP contribution in [0.4, 0.5) is 17.1 Å². The lowest BCUT2D eigenvalue weighted by molar-refractivity contribution is 0.620. The van der Waals surface area contributed by atoms with Crippen LogP contribution < -0.4 is 4.90 Å². The molecule has 0 unspecified atom stereocenters. The molecule has 0 fully saturated rings. The van der Waals surface area contributed by atoms with Crippen LogP contribution in [0, 0.1) is 0 Å². The Morgan fingerprint density at radius 1 is 0.377 bits per heavy atom. The lowest BCUT2D eigenvalue weighted by atomic mass is 10.0. The average Bonchev–Trinajstić information content (AvgIpc) is 3.82. The molecule has 0 saturated heterocycles. The van der Waals surface area contributed by atoms with E-state index in [9.17, 15) is 0 Å². The Morgan fingerprint density at radius 3 is 1.55 bits per heavy atom. The zero-order chi connectivity index (χ0) is 35.1. The molecule has 8 aromatic carbocycles. The Labute approximate surface area is 311 Å². The zero-order valence-electron chi connectivity index (χ0n) is 28.7. The first-order chi connectivity index (χ1) is 26.2. The third kappa shape index (κ3) is 5.85. The summed E-state index contributed by atoms with van der Waals surface area (Å²) in [4.78, 5) is 7.15. The van der Waals surface area contributed by atoms with Gasteiger partial charge in [-0.2, -0.15) is 0 Å². The summed E-state index contributed by atoms with van der Waals surface area (Å²) in [7, 11) is 0. The van der Waals surface area contributed by atoms with Crippen LogP contribution in [-0.4, -0.2) is 4.98 Å². The van der Waals surface area contributed by atoms with Gasteiger partial charge in [-0.25, -0.2) is 4.98 Å². The van der Waals surface area contributed by atoms with E-state index in [4.69, 9.17) is 9.40 Å². The Bertz CT molecular complexity index is 2860. The molecule has 0 saturated carbocycles. The van der Waals surface area contributed by atoms with E-state index in [-0.39, 0.29) is 0 Å². The fourth-order valence-corrected chi connectivity index (χ4v) is 8.32. The van der Waals surface area contributed by atoms with Gasteiger partial charge in [-0.05, 0) is 106 Å². The second-order valence-corrected chi connectivity index (χ2v) is 14.3. The van der Waals surface area contributed by atoms with Crippen molar-refractivity contribution in [3.63, 3.8) is 0 Å². The van der Waals surface area contributed by atoms with Gasteiger partial charge in [0, 0.05) is 42.8 Å². The summed E-state index contributed by atoms with van der Waals surface area (Å²) in [6, 6.07) is 68.9. The molecule has 250 valence electrons. The number of nitrogens with zero attached hydrogens (tertiary/aromatic N) is 2. The summed E-state index contributed by atoms with van der Waals surface area (Å²) in [5, 5.41) is 2.42. The molecule has 0 radical (unpaired) electrons. The maximum atomic E-state index is 6.25. The third-order valence-electron chi connectivity index (χ3n) is 9.90. The van der Waals surface area contributed by atoms with Crippen molar-refractivity contribution in [2.24, 2.45) is 0 Å². The van der Waals surface area contributed by atoms with Crippen molar-refractivity contribution in [1.29, 1.82) is 0 Å². The minimum Gasteiger partial charge on any atom is -0.436 e. The number of anilines is 3. The molecule has 0 aliphatic carbocycles. The van der Waals surface area contributed by atoms with Crippen molar-refractivity contribution in [2.75, 3.05) is 4.90 Å². The number of fused-ring (bicyclic) bond motifs is 4. The quantitative estimate of drug-likeness (QED) is 0.166. The van der Waals surface area contributed by atoms with E-state index in [0.717, 1.165) is 33.7 Å². The summed E-state index contributed by atoms with van der Waals surface area (Å²) in [5.74, 6) is 0.649. The van der Waals surface area contributed by atoms with E-state index in [0.29, 0.717) is 5.89 Å². The molecule has 0 N–H and O–H groups in total. The molecule has 0 aliphatic rings. The average molecular weight is 697 g/mol. The van der Waals surface area contributed by atoms with Gasteiger partial charge < -0.3 is 9.32 Å². The maximum Gasteiger partial charge on any atom is 0.227 e. The minimum absolute atomic E-state index is 0.649. The number of hydrogen-bond acceptors (Lipinski definition) is 4. The Hall–Kier alpha value is -6.75. The Morgan fingerprint density at radius 2 is 0.887 bits per heavy atom. The largest absolute Gasteiger partial charge is 0.436 e. The first-order valence-corrected chi connectivity index (χ1v) is 18.6. The molecule has 0 amide bonds. The molecular weight excluding hydrogens is 665 g/mol. The van der Waals surface area contributed by atoms with Crippen LogP contribution in [0.3, 0.4) is 0 Å². The number of benzene rings is 8. The van der Waals surface area contributed by atoms with Gasteiger partial charge >= 0.3 is 0 Å². The molecule has 53 heavy (non-hydrogen) atoms. The second-order valence-electron chi connectivity index (χ2n) is 13.2. The number of hydrogen-bond donors (Lipinski definition) is 0. The van der Waals surface area contributed by atoms with Crippen molar-refractivity contribution in [3.05, 3.63) is 194 Å². The number of oxazole rings is 1. The van der Waals surface area contributed by atoms with Gasteiger partial charge in [-0.15, -0.1) is 11.3 Å². The smallest absolute Gasteiger partial charge is 0.227 e. The predicted octanol–water partition coefficient (Wildman–Crippen LogP) is 14.3. The summed E-state index contributed by atoms with van der Waals surface area (Å²) in [6.45, 7) is 0. The van der Waals surface area contributed by atoms with Gasteiger partial charge in [0.15, 0.2) is 5.58 Å². The summed E-state index contributed by atoms with van der Waals surface area (Å²) in [6.07, 6.45) is 0. The summed E-state index contributed by atoms with van der Waals surface area (Å²) >= 11 is 1.80. The van der Waals surface area contributed by atoms with E-state index in [1.165, 1.54) is 53.6 Å². The van der Waals surface area contributed by atoms with E-state index < -0.39 is 0 Å². The Balaban J connectivity index is 1.02. The first-order valence-electron chi connectivity index (χ1n) is 17.8. The molecule has 10 aromatic rings. The van der Waals surface area contributed by atoms with Crippen molar-refractivity contribution < 1.29 is 4.42 Å². The van der Waals surface area contributed by atoms with E-state index in [1.807, 2.05) is 30.3 Å². The molecule has 2 aromatic heterocycles. The van der Waals surface area contributed by atoms with Gasteiger partial charge in [0.2, 0.25) is 5.89 Å². The zero-order valence-corrected chi connectivity index (χ0v) is 29.5. The van der Waals surface area contributed by atoms with E-state index >= 15 is 0 Å². The highest BCUT2D eigenvalue weighted by molar-refractivity contribution is 7.25. The molecule has 0 atom stereocenters. The van der Waals surface area contributed by atoms with Crippen LogP contribution in [0.25, 0.3) is 76.1 Å². The molecule has 0 aliphatic heterocycles. The van der Waals surface area contributed by atoms with Crippen LogP contribution in [0.15, 0.2) is 199 Å². The van der Waals surface area contributed by atoms with Gasteiger partial charge in [0.05, 0.1) is 0 Å². The van der Waals surface area contributed by atoms with E-state index in [1.54, 1.807) is 11.3 Å². The van der Waals surface area contributed by atoms with Crippen LogP contribution in [0.2, 0.25) is 0 Å². The third-order valence-corrected chi connectivity index (χ3v) is 11.0. The SMILES string of the molecule is c1ccc(-c2ccc(N(c3ccc(-c4ccc5sc6cc7nc(-c8ccccc8)oc7cc6c5c4)cc3)c3cccc(-c4ccccc4)c3)cc2)cc1. The lowest BCUT2D eigenvalue weighted by Crippen LogP contribution is -2.10. The van der Waals surface area contributed by atoms with E-state index in [2.05, 4.69) is 169 Å². The lowest BCUT2D eigenvalue weighted by Gasteiger charge is -2.26. The predicted molar refractivity (Wildman–Crippen MR) is 223 cm³/mol. The van der Waals surface area contributed by atoms with Gasteiger partial charge in [-0.3, -0.25) is 0 Å². The molecular formula is C49H32N2OS. The Kier molecular flexibility index (Phi) is 7.67. The molecule has 2 heterocycles. The number of thiophene rings is 1. The first kappa shape index (κ1) is 31.0. The van der Waals surface area contributed by atoms with Gasteiger partial charge in [0.1, 0.15) is 5.52 Å². The normalized spacial score (nSPS) is 11.4. The van der Waals surface area contributed by atoms with Crippen molar-refractivity contribution >= 4 is 59.7 Å². The van der Waals surface area contributed by atoms with Crippen LogP contribution in [0.5, 0.6) is 0 Å². The monoisotopic (exact) mass is 696 g/mol. The topological polar surface area (TPSA) is 29.3 Å². The highest BCUT2D eigenvalue weighted by Crippen LogP contribution is 2.41. The van der Waals surface area contributed by atoms with Crippen LogP contribution in [0.1, 0.15) is 0 Å². The van der Waals surface area contributed by atoms with Crippen molar-refractivity contribution in [3.8, 4) is 44.8 Å². The fraction of sp³-hybridized carbons (Fsp3) is 0. The van der Waals surface area contributed by atoms with Crippen molar-refractivity contribution in [1.82, 2.24) is 4.98 Å².